The Labute approximate surface area is 157 Å². The molecule has 3 aromatic rings. The fraction of sp³-hybridized carbons (Fsp3) is 0.474. The number of thiazole rings is 1. The minimum atomic E-state index is -0.0428. The van der Waals surface area contributed by atoms with E-state index in [1.165, 1.54) is 22.5 Å². The second-order valence-electron chi connectivity index (χ2n) is 7.11. The van der Waals surface area contributed by atoms with Gasteiger partial charge in [-0.1, -0.05) is 35.6 Å². The van der Waals surface area contributed by atoms with Gasteiger partial charge < -0.3 is 9.84 Å². The molecule has 0 saturated carbocycles. The van der Waals surface area contributed by atoms with Crippen molar-refractivity contribution < 1.29 is 9.84 Å². The van der Waals surface area contributed by atoms with E-state index in [-0.39, 0.29) is 24.1 Å². The van der Waals surface area contributed by atoms with Crippen LogP contribution < -0.4 is 0 Å². The van der Waals surface area contributed by atoms with Crippen molar-refractivity contribution in [1.82, 2.24) is 19.5 Å². The zero-order chi connectivity index (χ0) is 18.4. The van der Waals surface area contributed by atoms with E-state index < -0.39 is 0 Å². The van der Waals surface area contributed by atoms with Crippen LogP contribution in [0.15, 0.2) is 24.3 Å². The van der Waals surface area contributed by atoms with Crippen molar-refractivity contribution in [2.75, 3.05) is 13.1 Å². The van der Waals surface area contributed by atoms with Crippen LogP contribution in [0.25, 0.3) is 4.96 Å². The Kier molecular flexibility index (Phi) is 4.46. The third-order valence-electron chi connectivity index (χ3n) is 4.85. The van der Waals surface area contributed by atoms with Gasteiger partial charge in [-0.25, -0.2) is 4.98 Å². The maximum Gasteiger partial charge on any atom is 0.230 e. The summed E-state index contributed by atoms with van der Waals surface area (Å²) in [6, 6.07) is 8.32. The highest BCUT2D eigenvalue weighted by atomic mass is 32.1. The van der Waals surface area contributed by atoms with Crippen molar-refractivity contribution >= 4 is 16.3 Å². The molecule has 0 radical (unpaired) electrons. The van der Waals surface area contributed by atoms with E-state index in [2.05, 4.69) is 54.0 Å². The van der Waals surface area contributed by atoms with Crippen LogP contribution in [0.4, 0.5) is 0 Å². The first-order valence-electron chi connectivity index (χ1n) is 8.94. The molecule has 1 aliphatic rings. The lowest BCUT2D eigenvalue weighted by Gasteiger charge is -2.40. The zero-order valence-electron chi connectivity index (χ0n) is 15.5. The molecule has 1 aliphatic heterocycles. The van der Waals surface area contributed by atoms with Gasteiger partial charge in [0.1, 0.15) is 5.82 Å². The van der Waals surface area contributed by atoms with Gasteiger partial charge in [0.2, 0.25) is 10.8 Å². The number of aromatic nitrogens is 3. The second-order valence-corrected chi connectivity index (χ2v) is 8.12. The van der Waals surface area contributed by atoms with Gasteiger partial charge in [-0.05, 0) is 38.8 Å². The van der Waals surface area contributed by atoms with Crippen LogP contribution in [0.2, 0.25) is 0 Å². The third-order valence-corrected chi connectivity index (χ3v) is 5.92. The standard InChI is InChI=1S/C19H24N4O2S/c1-11-7-5-6-8-15(11)16(22-9-12(2)25-13(3)10-22)17-18(24)23-19(26-17)20-14(4)21-23/h5-8,12-13,16,24H,9-10H2,1-4H3/t12-,13+,16-/m0/s1. The maximum atomic E-state index is 10.9. The minimum absolute atomic E-state index is 0.0428. The fourth-order valence-electron chi connectivity index (χ4n) is 3.85. The average molecular weight is 372 g/mol. The molecule has 0 bridgehead atoms. The van der Waals surface area contributed by atoms with Gasteiger partial charge in [0.05, 0.1) is 23.1 Å². The van der Waals surface area contributed by atoms with Crippen molar-refractivity contribution in [2.24, 2.45) is 0 Å². The highest BCUT2D eigenvalue weighted by molar-refractivity contribution is 7.17. The molecule has 1 aromatic carbocycles. The third kappa shape index (κ3) is 3.00. The molecule has 0 unspecified atom stereocenters. The quantitative estimate of drug-likeness (QED) is 0.764. The minimum Gasteiger partial charge on any atom is -0.492 e. The number of fused-ring (bicyclic) bond motifs is 1. The van der Waals surface area contributed by atoms with E-state index in [4.69, 9.17) is 4.74 Å². The smallest absolute Gasteiger partial charge is 0.230 e. The molecule has 0 amide bonds. The molecule has 3 heterocycles. The zero-order valence-corrected chi connectivity index (χ0v) is 16.3. The number of rotatable bonds is 3. The van der Waals surface area contributed by atoms with Gasteiger partial charge in [-0.15, -0.1) is 5.10 Å². The number of morpholine rings is 1. The summed E-state index contributed by atoms with van der Waals surface area (Å²) in [5.74, 6) is 0.852. The SMILES string of the molecule is Cc1nc2sc([C@H](c3ccccc3C)N3C[C@@H](C)O[C@@H](C)C3)c(O)n2n1. The summed E-state index contributed by atoms with van der Waals surface area (Å²) < 4.78 is 7.48. The molecule has 1 N–H and O–H groups in total. The molecule has 0 spiro atoms. The molecule has 26 heavy (non-hydrogen) atoms. The van der Waals surface area contributed by atoms with E-state index in [0.29, 0.717) is 5.82 Å². The number of aromatic hydroxyl groups is 1. The highest BCUT2D eigenvalue weighted by Crippen LogP contribution is 2.41. The molecule has 2 aromatic heterocycles. The lowest BCUT2D eigenvalue weighted by molar-refractivity contribution is -0.0764. The summed E-state index contributed by atoms with van der Waals surface area (Å²) >= 11 is 1.51. The van der Waals surface area contributed by atoms with Gasteiger partial charge >= 0.3 is 0 Å². The topological polar surface area (TPSA) is 62.9 Å². The van der Waals surface area contributed by atoms with E-state index in [9.17, 15) is 5.11 Å². The van der Waals surface area contributed by atoms with Gasteiger partial charge in [0, 0.05) is 13.1 Å². The number of aryl methyl sites for hydroxylation is 2. The summed E-state index contributed by atoms with van der Waals surface area (Å²) in [6.07, 6.45) is 0.300. The van der Waals surface area contributed by atoms with Crippen LogP contribution in [0, 0.1) is 13.8 Å². The summed E-state index contributed by atoms with van der Waals surface area (Å²) in [6.45, 7) is 9.79. The van der Waals surface area contributed by atoms with E-state index in [1.807, 2.05) is 13.0 Å². The lowest BCUT2D eigenvalue weighted by Crippen LogP contribution is -2.47. The average Bonchev–Trinajstić information content (AvgIpc) is 3.07. The summed E-state index contributed by atoms with van der Waals surface area (Å²) in [4.78, 5) is 8.45. The first-order valence-corrected chi connectivity index (χ1v) is 9.75. The lowest BCUT2D eigenvalue weighted by atomic mass is 9.97. The predicted molar refractivity (Wildman–Crippen MR) is 102 cm³/mol. The number of nitrogens with zero attached hydrogens (tertiary/aromatic N) is 4. The van der Waals surface area contributed by atoms with Crippen LogP contribution in [-0.4, -0.2) is 49.9 Å². The van der Waals surface area contributed by atoms with Crippen LogP contribution in [-0.2, 0) is 4.74 Å². The van der Waals surface area contributed by atoms with Crippen molar-refractivity contribution in [3.8, 4) is 5.88 Å². The van der Waals surface area contributed by atoms with Crippen molar-refractivity contribution in [1.29, 1.82) is 0 Å². The molecule has 6 nitrogen and oxygen atoms in total. The Morgan fingerprint density at radius 1 is 1.19 bits per heavy atom. The summed E-state index contributed by atoms with van der Waals surface area (Å²) in [5, 5.41) is 15.2. The summed E-state index contributed by atoms with van der Waals surface area (Å²) in [5.41, 5.74) is 2.41. The van der Waals surface area contributed by atoms with Crippen molar-refractivity contribution in [3.05, 3.63) is 46.1 Å². The van der Waals surface area contributed by atoms with Gasteiger partial charge in [-0.2, -0.15) is 4.52 Å². The predicted octanol–water partition coefficient (Wildman–Crippen LogP) is 3.31. The van der Waals surface area contributed by atoms with Gasteiger partial charge in [0.15, 0.2) is 0 Å². The Bertz CT molecular complexity index is 925. The maximum absolute atomic E-state index is 10.9. The van der Waals surface area contributed by atoms with Crippen LogP contribution in [0.5, 0.6) is 5.88 Å². The highest BCUT2D eigenvalue weighted by Gasteiger charge is 2.34. The molecule has 1 fully saturated rings. The monoisotopic (exact) mass is 372 g/mol. The molecule has 3 atom stereocenters. The molecular formula is C19H24N4O2S. The van der Waals surface area contributed by atoms with E-state index in [0.717, 1.165) is 22.9 Å². The van der Waals surface area contributed by atoms with E-state index in [1.54, 1.807) is 4.52 Å². The van der Waals surface area contributed by atoms with Crippen LogP contribution in [0.1, 0.15) is 41.7 Å². The molecule has 138 valence electrons. The van der Waals surface area contributed by atoms with Crippen LogP contribution in [0.3, 0.4) is 0 Å². The Hall–Kier alpha value is -1.96. The Balaban J connectivity index is 1.85. The Morgan fingerprint density at radius 2 is 1.88 bits per heavy atom. The molecule has 1 saturated heterocycles. The molecule has 0 aliphatic carbocycles. The first kappa shape index (κ1) is 17.5. The van der Waals surface area contributed by atoms with Crippen molar-refractivity contribution in [3.63, 3.8) is 0 Å². The number of hydrogen-bond acceptors (Lipinski definition) is 6. The van der Waals surface area contributed by atoms with Crippen LogP contribution >= 0.6 is 11.3 Å². The summed E-state index contributed by atoms with van der Waals surface area (Å²) in [7, 11) is 0. The van der Waals surface area contributed by atoms with E-state index >= 15 is 0 Å². The largest absolute Gasteiger partial charge is 0.492 e. The van der Waals surface area contributed by atoms with Gasteiger partial charge in [-0.3, -0.25) is 4.90 Å². The molecular weight excluding hydrogens is 348 g/mol. The fourth-order valence-corrected chi connectivity index (χ4v) is 5.01. The number of ether oxygens (including phenoxy) is 1. The molecule has 4 rings (SSSR count). The number of benzene rings is 1. The number of hydrogen-bond donors (Lipinski definition) is 1. The normalized spacial score (nSPS) is 22.8. The molecule has 7 heteroatoms. The Morgan fingerprint density at radius 3 is 2.54 bits per heavy atom. The second kappa shape index (κ2) is 6.64. The van der Waals surface area contributed by atoms with Gasteiger partial charge in [0.25, 0.3) is 0 Å². The van der Waals surface area contributed by atoms with Crippen molar-refractivity contribution in [2.45, 2.75) is 45.9 Å². The first-order chi connectivity index (χ1) is 12.4.